The van der Waals surface area contributed by atoms with Gasteiger partial charge < -0.3 is 4.90 Å². The number of amides is 1. The van der Waals surface area contributed by atoms with Gasteiger partial charge in [0.1, 0.15) is 0 Å². The summed E-state index contributed by atoms with van der Waals surface area (Å²) in [7, 11) is 0. The number of rotatable bonds is 4. The molecule has 1 aromatic carbocycles. The topological polar surface area (TPSA) is 79.6 Å². The lowest BCUT2D eigenvalue weighted by molar-refractivity contribution is -0.384. The third-order valence-corrected chi connectivity index (χ3v) is 4.51. The van der Waals surface area contributed by atoms with E-state index in [-0.39, 0.29) is 22.2 Å². The van der Waals surface area contributed by atoms with Crippen LogP contribution in [0.3, 0.4) is 0 Å². The molecule has 0 aliphatic carbocycles. The van der Waals surface area contributed by atoms with Gasteiger partial charge in [-0.2, -0.15) is 0 Å². The van der Waals surface area contributed by atoms with Crippen molar-refractivity contribution in [2.45, 2.75) is 6.54 Å². The van der Waals surface area contributed by atoms with Crippen molar-refractivity contribution in [1.29, 1.82) is 0 Å². The molecule has 0 saturated carbocycles. The first-order valence-electron chi connectivity index (χ1n) is 7.89. The van der Waals surface area contributed by atoms with Crippen LogP contribution in [0.2, 0.25) is 5.02 Å². The monoisotopic (exact) mass is 360 g/mol. The molecule has 2 heterocycles. The molecular formula is C17H17ClN4O3. The van der Waals surface area contributed by atoms with E-state index >= 15 is 0 Å². The van der Waals surface area contributed by atoms with Crippen LogP contribution < -0.4 is 0 Å². The van der Waals surface area contributed by atoms with Crippen LogP contribution in [-0.2, 0) is 6.54 Å². The third kappa shape index (κ3) is 4.12. The van der Waals surface area contributed by atoms with Crippen LogP contribution in [0.25, 0.3) is 0 Å². The Balaban J connectivity index is 1.64. The molecule has 1 saturated heterocycles. The smallest absolute Gasteiger partial charge is 0.270 e. The molecule has 2 aromatic rings. The fourth-order valence-corrected chi connectivity index (χ4v) is 3.02. The molecule has 0 radical (unpaired) electrons. The van der Waals surface area contributed by atoms with Crippen LogP contribution in [0.4, 0.5) is 5.69 Å². The second-order valence-electron chi connectivity index (χ2n) is 5.85. The predicted octanol–water partition coefficient (Wildman–Crippen LogP) is 2.60. The van der Waals surface area contributed by atoms with Crippen LogP contribution in [0.5, 0.6) is 0 Å². The van der Waals surface area contributed by atoms with Crippen molar-refractivity contribution in [1.82, 2.24) is 14.8 Å². The Morgan fingerprint density at radius 2 is 2.00 bits per heavy atom. The number of pyridine rings is 1. The number of nitro groups is 1. The van der Waals surface area contributed by atoms with E-state index in [0.717, 1.165) is 25.2 Å². The molecule has 0 unspecified atom stereocenters. The van der Waals surface area contributed by atoms with E-state index in [1.807, 2.05) is 18.3 Å². The zero-order valence-corrected chi connectivity index (χ0v) is 14.2. The summed E-state index contributed by atoms with van der Waals surface area (Å²) < 4.78 is 0. The number of hydrogen-bond acceptors (Lipinski definition) is 5. The molecule has 25 heavy (non-hydrogen) atoms. The van der Waals surface area contributed by atoms with Gasteiger partial charge >= 0.3 is 0 Å². The minimum absolute atomic E-state index is 0.136. The summed E-state index contributed by atoms with van der Waals surface area (Å²) in [6.45, 7) is 3.35. The minimum Gasteiger partial charge on any atom is -0.336 e. The number of nitro benzene ring substituents is 1. The molecule has 1 aliphatic heterocycles. The highest BCUT2D eigenvalue weighted by atomic mass is 35.5. The summed E-state index contributed by atoms with van der Waals surface area (Å²) >= 11 is 6.06. The molecule has 1 fully saturated rings. The van der Waals surface area contributed by atoms with E-state index in [0.29, 0.717) is 13.1 Å². The fourth-order valence-electron chi connectivity index (χ4n) is 2.82. The maximum absolute atomic E-state index is 12.7. The summed E-state index contributed by atoms with van der Waals surface area (Å²) in [5.74, 6) is -0.269. The normalized spacial score (nSPS) is 15.2. The number of hydrogen-bond donors (Lipinski definition) is 0. The molecule has 0 atom stereocenters. The first-order valence-corrected chi connectivity index (χ1v) is 8.27. The number of carbonyl (C=O) groups excluding carboxylic acids is 1. The van der Waals surface area contributed by atoms with E-state index in [9.17, 15) is 14.9 Å². The highest BCUT2D eigenvalue weighted by Crippen LogP contribution is 2.24. The molecule has 1 aromatic heterocycles. The van der Waals surface area contributed by atoms with Gasteiger partial charge in [0.25, 0.3) is 11.6 Å². The Labute approximate surface area is 150 Å². The Bertz CT molecular complexity index is 777. The number of aromatic nitrogens is 1. The molecule has 3 rings (SSSR count). The van der Waals surface area contributed by atoms with E-state index in [4.69, 9.17) is 11.6 Å². The zero-order chi connectivity index (χ0) is 17.8. The highest BCUT2D eigenvalue weighted by Gasteiger charge is 2.25. The van der Waals surface area contributed by atoms with Gasteiger partial charge in [0.2, 0.25) is 0 Å². The average Bonchev–Trinajstić information content (AvgIpc) is 2.63. The standard InChI is InChI=1S/C17H17ClN4O3/c18-16-4-3-14(22(24)25)10-15(16)17(23)21-8-6-20(7-9-21)12-13-2-1-5-19-11-13/h1-5,10-11H,6-9,12H2. The SMILES string of the molecule is O=C(c1cc([N+](=O)[O-])ccc1Cl)N1CCN(Cc2cccnc2)CC1. The van der Waals surface area contributed by atoms with Crippen LogP contribution in [0.1, 0.15) is 15.9 Å². The summed E-state index contributed by atoms with van der Waals surface area (Å²) in [5, 5.41) is 11.1. The van der Waals surface area contributed by atoms with Gasteiger partial charge in [-0.3, -0.25) is 24.8 Å². The summed E-state index contributed by atoms with van der Waals surface area (Å²) in [4.78, 5) is 31.1. The van der Waals surface area contributed by atoms with Crippen molar-refractivity contribution in [2.24, 2.45) is 0 Å². The van der Waals surface area contributed by atoms with Crippen LogP contribution in [0, 0.1) is 10.1 Å². The lowest BCUT2D eigenvalue weighted by atomic mass is 10.1. The van der Waals surface area contributed by atoms with Gasteiger partial charge in [0.15, 0.2) is 0 Å². The number of non-ortho nitro benzene ring substituents is 1. The van der Waals surface area contributed by atoms with E-state index < -0.39 is 4.92 Å². The maximum atomic E-state index is 12.7. The Hall–Kier alpha value is -2.51. The summed E-state index contributed by atoms with van der Waals surface area (Å²) in [6.07, 6.45) is 3.57. The van der Waals surface area contributed by atoms with Gasteiger partial charge in [0.05, 0.1) is 15.5 Å². The van der Waals surface area contributed by atoms with Crippen molar-refractivity contribution >= 4 is 23.2 Å². The van der Waals surface area contributed by atoms with E-state index in [1.165, 1.54) is 18.2 Å². The first-order chi connectivity index (χ1) is 12.0. The van der Waals surface area contributed by atoms with Gasteiger partial charge in [-0.15, -0.1) is 0 Å². The summed E-state index contributed by atoms with van der Waals surface area (Å²) in [5.41, 5.74) is 1.17. The Kier molecular flexibility index (Phi) is 5.25. The second-order valence-corrected chi connectivity index (χ2v) is 6.26. The molecule has 8 heteroatoms. The fraction of sp³-hybridized carbons (Fsp3) is 0.294. The number of piperazine rings is 1. The largest absolute Gasteiger partial charge is 0.336 e. The first kappa shape index (κ1) is 17.3. The second kappa shape index (κ2) is 7.58. The van der Waals surface area contributed by atoms with Crippen LogP contribution in [0.15, 0.2) is 42.7 Å². The number of benzene rings is 1. The van der Waals surface area contributed by atoms with Crippen molar-refractivity contribution in [2.75, 3.05) is 26.2 Å². The molecule has 0 spiro atoms. The molecule has 1 amide bonds. The average molecular weight is 361 g/mol. The van der Waals surface area contributed by atoms with E-state index in [1.54, 1.807) is 11.1 Å². The van der Waals surface area contributed by atoms with Crippen LogP contribution >= 0.6 is 11.6 Å². The quantitative estimate of drug-likeness (QED) is 0.618. The lowest BCUT2D eigenvalue weighted by Gasteiger charge is -2.34. The number of halogens is 1. The maximum Gasteiger partial charge on any atom is 0.270 e. The van der Waals surface area contributed by atoms with Gasteiger partial charge in [0, 0.05) is 57.3 Å². The van der Waals surface area contributed by atoms with Crippen molar-refractivity contribution in [3.05, 3.63) is 69.0 Å². The number of nitrogens with zero attached hydrogens (tertiary/aromatic N) is 4. The lowest BCUT2D eigenvalue weighted by Crippen LogP contribution is -2.48. The number of carbonyl (C=O) groups is 1. The van der Waals surface area contributed by atoms with Gasteiger partial charge in [-0.1, -0.05) is 17.7 Å². The molecule has 0 N–H and O–H groups in total. The van der Waals surface area contributed by atoms with Gasteiger partial charge in [-0.05, 0) is 17.7 Å². The Morgan fingerprint density at radius 1 is 1.24 bits per heavy atom. The highest BCUT2D eigenvalue weighted by molar-refractivity contribution is 6.33. The molecular weight excluding hydrogens is 344 g/mol. The minimum atomic E-state index is -0.529. The predicted molar refractivity (Wildman–Crippen MR) is 93.5 cm³/mol. The molecule has 7 nitrogen and oxygen atoms in total. The molecule has 0 bridgehead atoms. The van der Waals surface area contributed by atoms with E-state index in [2.05, 4.69) is 9.88 Å². The zero-order valence-electron chi connectivity index (χ0n) is 13.5. The molecule has 130 valence electrons. The summed E-state index contributed by atoms with van der Waals surface area (Å²) in [6, 6.07) is 7.86. The van der Waals surface area contributed by atoms with Crippen molar-refractivity contribution in [3.8, 4) is 0 Å². The molecule has 1 aliphatic rings. The van der Waals surface area contributed by atoms with Crippen molar-refractivity contribution in [3.63, 3.8) is 0 Å². The van der Waals surface area contributed by atoms with Crippen molar-refractivity contribution < 1.29 is 9.72 Å². The van der Waals surface area contributed by atoms with Gasteiger partial charge in [-0.25, -0.2) is 0 Å². The van der Waals surface area contributed by atoms with Crippen LogP contribution in [-0.4, -0.2) is 51.8 Å². The third-order valence-electron chi connectivity index (χ3n) is 4.18. The Morgan fingerprint density at radius 3 is 2.64 bits per heavy atom.